The van der Waals surface area contributed by atoms with Crippen LogP contribution in [0.5, 0.6) is 0 Å². The summed E-state index contributed by atoms with van der Waals surface area (Å²) in [6.45, 7) is 0.222. The van der Waals surface area contributed by atoms with Crippen molar-refractivity contribution in [3.8, 4) is 0 Å². The Balaban J connectivity index is 2.43. The van der Waals surface area contributed by atoms with Gasteiger partial charge in [0.05, 0.1) is 6.61 Å². The molecule has 3 heteroatoms. The summed E-state index contributed by atoms with van der Waals surface area (Å²) in [4.78, 5) is 5.04. The number of nitrogens with zero attached hydrogens (tertiary/aromatic N) is 1. The van der Waals surface area contributed by atoms with Crippen LogP contribution in [0.15, 0.2) is 29.4 Å². The van der Waals surface area contributed by atoms with Gasteiger partial charge in [0.2, 0.25) is 0 Å². The molecule has 0 spiro atoms. The summed E-state index contributed by atoms with van der Waals surface area (Å²) in [6.07, 6.45) is 3.53. The van der Waals surface area contributed by atoms with Gasteiger partial charge in [-0.2, -0.15) is 0 Å². The maximum atomic E-state index is 8.49. The van der Waals surface area contributed by atoms with Crippen molar-refractivity contribution in [1.82, 2.24) is 4.98 Å². The zero-order chi connectivity index (χ0) is 7.23. The fourth-order valence-electron chi connectivity index (χ4n) is 0.596. The first-order valence-corrected chi connectivity index (χ1v) is 4.06. The zero-order valence-electron chi connectivity index (χ0n) is 5.53. The summed E-state index contributed by atoms with van der Waals surface area (Å²) in [6, 6.07) is 3.87. The molecule has 0 radical (unpaired) electrons. The maximum Gasteiger partial charge on any atom is 0.0525 e. The van der Waals surface area contributed by atoms with E-state index in [4.69, 9.17) is 5.11 Å². The molecule has 0 saturated carbocycles. The topological polar surface area (TPSA) is 33.1 Å². The zero-order valence-corrected chi connectivity index (χ0v) is 6.34. The van der Waals surface area contributed by atoms with Crippen molar-refractivity contribution < 1.29 is 5.11 Å². The molecule has 1 aromatic rings. The van der Waals surface area contributed by atoms with Crippen molar-refractivity contribution in [3.05, 3.63) is 24.5 Å². The van der Waals surface area contributed by atoms with Crippen LogP contribution in [-0.2, 0) is 0 Å². The minimum absolute atomic E-state index is 0.222. The quantitative estimate of drug-likeness (QED) is 0.665. The molecule has 0 bridgehead atoms. The van der Waals surface area contributed by atoms with Crippen molar-refractivity contribution in [2.24, 2.45) is 0 Å². The lowest BCUT2D eigenvalue weighted by molar-refractivity contribution is 0.322. The van der Waals surface area contributed by atoms with Gasteiger partial charge in [-0.1, -0.05) is 0 Å². The van der Waals surface area contributed by atoms with Gasteiger partial charge in [-0.05, 0) is 12.1 Å². The Morgan fingerprint density at radius 1 is 1.60 bits per heavy atom. The van der Waals surface area contributed by atoms with Gasteiger partial charge in [0.15, 0.2) is 0 Å². The Kier molecular flexibility index (Phi) is 3.26. The van der Waals surface area contributed by atoms with Gasteiger partial charge >= 0.3 is 0 Å². The van der Waals surface area contributed by atoms with Crippen LogP contribution in [0.25, 0.3) is 0 Å². The van der Waals surface area contributed by atoms with Gasteiger partial charge in [-0.15, -0.1) is 11.8 Å². The summed E-state index contributed by atoms with van der Waals surface area (Å²) < 4.78 is 0. The number of aliphatic hydroxyl groups is 1. The lowest BCUT2D eigenvalue weighted by Gasteiger charge is -1.95. The molecule has 1 heterocycles. The Morgan fingerprint density at radius 3 is 3.10 bits per heavy atom. The average molecular weight is 155 g/mol. The first kappa shape index (κ1) is 7.57. The minimum Gasteiger partial charge on any atom is -0.396 e. The largest absolute Gasteiger partial charge is 0.396 e. The van der Waals surface area contributed by atoms with E-state index in [2.05, 4.69) is 4.98 Å². The highest BCUT2D eigenvalue weighted by atomic mass is 32.2. The van der Waals surface area contributed by atoms with Crippen molar-refractivity contribution in [2.75, 3.05) is 12.4 Å². The molecular formula is C7H9NOS. The monoisotopic (exact) mass is 155 g/mol. The van der Waals surface area contributed by atoms with Crippen molar-refractivity contribution in [2.45, 2.75) is 4.90 Å². The van der Waals surface area contributed by atoms with E-state index in [1.54, 1.807) is 24.2 Å². The second-order valence-corrected chi connectivity index (χ2v) is 2.93. The van der Waals surface area contributed by atoms with E-state index < -0.39 is 0 Å². The second kappa shape index (κ2) is 4.30. The number of hydrogen-bond donors (Lipinski definition) is 1. The summed E-state index contributed by atoms with van der Waals surface area (Å²) in [7, 11) is 0. The number of aromatic nitrogens is 1. The van der Waals surface area contributed by atoms with Gasteiger partial charge in [-0.25, -0.2) is 0 Å². The molecule has 0 amide bonds. The smallest absolute Gasteiger partial charge is 0.0525 e. The molecule has 54 valence electrons. The van der Waals surface area contributed by atoms with E-state index in [1.807, 2.05) is 12.1 Å². The maximum absolute atomic E-state index is 8.49. The van der Waals surface area contributed by atoms with Crippen LogP contribution in [0.2, 0.25) is 0 Å². The number of hydrogen-bond acceptors (Lipinski definition) is 3. The fraction of sp³-hybridized carbons (Fsp3) is 0.286. The molecule has 1 rings (SSSR count). The highest BCUT2D eigenvalue weighted by Crippen LogP contribution is 2.14. The lowest BCUT2D eigenvalue weighted by Crippen LogP contribution is -1.85. The predicted molar refractivity (Wildman–Crippen MR) is 42.0 cm³/mol. The molecule has 0 aromatic carbocycles. The first-order chi connectivity index (χ1) is 4.93. The number of aliphatic hydroxyl groups excluding tert-OH is 1. The highest BCUT2D eigenvalue weighted by molar-refractivity contribution is 7.99. The van der Waals surface area contributed by atoms with Crippen LogP contribution in [0, 0.1) is 0 Å². The molecule has 0 aliphatic heterocycles. The van der Waals surface area contributed by atoms with Gasteiger partial charge in [0.25, 0.3) is 0 Å². The van der Waals surface area contributed by atoms with E-state index in [9.17, 15) is 0 Å². The molecule has 0 atom stereocenters. The lowest BCUT2D eigenvalue weighted by atomic mass is 10.5. The molecule has 0 unspecified atom stereocenters. The van der Waals surface area contributed by atoms with E-state index in [-0.39, 0.29) is 6.61 Å². The summed E-state index contributed by atoms with van der Waals surface area (Å²) in [5.41, 5.74) is 0. The van der Waals surface area contributed by atoms with E-state index in [0.717, 1.165) is 10.6 Å². The van der Waals surface area contributed by atoms with Crippen LogP contribution in [0.1, 0.15) is 0 Å². The second-order valence-electron chi connectivity index (χ2n) is 1.76. The third kappa shape index (κ3) is 2.37. The highest BCUT2D eigenvalue weighted by Gasteiger charge is 1.89. The Bertz CT molecular complexity index is 178. The molecule has 0 aliphatic carbocycles. The van der Waals surface area contributed by atoms with Gasteiger partial charge in [0, 0.05) is 23.0 Å². The molecule has 0 aliphatic rings. The molecule has 2 nitrogen and oxygen atoms in total. The normalized spacial score (nSPS) is 9.70. The van der Waals surface area contributed by atoms with E-state index in [0.29, 0.717) is 0 Å². The van der Waals surface area contributed by atoms with Crippen molar-refractivity contribution in [3.63, 3.8) is 0 Å². The standard InChI is InChI=1S/C7H9NOS/c9-4-5-10-7-2-1-3-8-6-7/h1-3,6,9H,4-5H2. The fourth-order valence-corrected chi connectivity index (χ4v) is 1.23. The Labute approximate surface area is 64.3 Å². The van der Waals surface area contributed by atoms with Crippen LogP contribution < -0.4 is 0 Å². The Hall–Kier alpha value is -0.540. The van der Waals surface area contributed by atoms with E-state index >= 15 is 0 Å². The molecule has 0 fully saturated rings. The molecule has 10 heavy (non-hydrogen) atoms. The molecule has 1 aromatic heterocycles. The summed E-state index contributed by atoms with van der Waals surface area (Å²) >= 11 is 1.61. The van der Waals surface area contributed by atoms with Crippen molar-refractivity contribution in [1.29, 1.82) is 0 Å². The number of thioether (sulfide) groups is 1. The van der Waals surface area contributed by atoms with Gasteiger partial charge in [-0.3, -0.25) is 4.98 Å². The van der Waals surface area contributed by atoms with Crippen molar-refractivity contribution >= 4 is 11.8 Å². The van der Waals surface area contributed by atoms with Crippen LogP contribution in [-0.4, -0.2) is 22.5 Å². The number of rotatable bonds is 3. The van der Waals surface area contributed by atoms with Crippen LogP contribution in [0.3, 0.4) is 0 Å². The average Bonchev–Trinajstić information content (AvgIpc) is 2.03. The summed E-state index contributed by atoms with van der Waals surface area (Å²) in [5.74, 6) is 0.742. The Morgan fingerprint density at radius 2 is 2.50 bits per heavy atom. The third-order valence-corrected chi connectivity index (χ3v) is 1.96. The van der Waals surface area contributed by atoms with Crippen LogP contribution in [0.4, 0.5) is 0 Å². The summed E-state index contributed by atoms with van der Waals surface area (Å²) in [5, 5.41) is 8.49. The van der Waals surface area contributed by atoms with Crippen LogP contribution >= 0.6 is 11.8 Å². The third-order valence-electron chi connectivity index (χ3n) is 0.994. The molecule has 1 N–H and O–H groups in total. The molecule has 0 saturated heterocycles. The number of pyridine rings is 1. The molecular weight excluding hydrogens is 146 g/mol. The SMILES string of the molecule is OCCSc1cccnc1. The predicted octanol–water partition coefficient (Wildman–Crippen LogP) is 1.17. The minimum atomic E-state index is 0.222. The van der Waals surface area contributed by atoms with Gasteiger partial charge < -0.3 is 5.11 Å². The van der Waals surface area contributed by atoms with E-state index in [1.165, 1.54) is 0 Å². The van der Waals surface area contributed by atoms with Gasteiger partial charge in [0.1, 0.15) is 0 Å². The first-order valence-electron chi connectivity index (χ1n) is 3.07.